The van der Waals surface area contributed by atoms with Gasteiger partial charge in [-0.25, -0.2) is 0 Å². The Morgan fingerprint density at radius 2 is 2.08 bits per heavy atom. The van der Waals surface area contributed by atoms with Gasteiger partial charge in [0.1, 0.15) is 5.69 Å². The molecule has 0 fully saturated rings. The second-order valence-electron chi connectivity index (χ2n) is 6.91. The molecule has 0 amide bonds. The lowest BCUT2D eigenvalue weighted by molar-refractivity contribution is -0.384. The maximum absolute atomic E-state index is 11.7. The van der Waals surface area contributed by atoms with Crippen molar-refractivity contribution in [2.45, 2.75) is 32.2 Å². The summed E-state index contributed by atoms with van der Waals surface area (Å²) in [6.07, 6.45) is 5.42. The fourth-order valence-corrected chi connectivity index (χ4v) is 4.67. The lowest BCUT2D eigenvalue weighted by Gasteiger charge is -2.38. The average molecular weight is 399 g/mol. The monoisotopic (exact) mass is 398 g/mol. The topological polar surface area (TPSA) is 55.2 Å². The number of hydrogen-bond donors (Lipinski definition) is 1. The van der Waals surface area contributed by atoms with Crippen molar-refractivity contribution in [1.29, 1.82) is 0 Å². The van der Waals surface area contributed by atoms with Crippen LogP contribution in [0.5, 0.6) is 0 Å². The lowest BCUT2D eigenvalue weighted by Crippen LogP contribution is -2.30. The van der Waals surface area contributed by atoms with Gasteiger partial charge in [-0.2, -0.15) is 0 Å². The van der Waals surface area contributed by atoms with E-state index in [1.54, 1.807) is 6.07 Å². The fourth-order valence-electron chi connectivity index (χ4n) is 4.25. The van der Waals surface area contributed by atoms with Gasteiger partial charge in [0, 0.05) is 16.5 Å². The summed E-state index contributed by atoms with van der Waals surface area (Å²) in [7, 11) is 0. The van der Waals surface area contributed by atoms with E-state index in [2.05, 4.69) is 52.5 Å². The molecule has 25 heavy (non-hydrogen) atoms. The molecule has 0 saturated carbocycles. The fraction of sp³-hybridized carbons (Fsp3) is 0.300. The Bertz CT molecular complexity index is 907. The number of nitro groups is 1. The van der Waals surface area contributed by atoms with Crippen molar-refractivity contribution in [2.24, 2.45) is 5.92 Å². The van der Waals surface area contributed by atoms with Crippen LogP contribution < -0.4 is 5.32 Å². The first-order valence-electron chi connectivity index (χ1n) is 8.44. The predicted molar refractivity (Wildman–Crippen MR) is 103 cm³/mol. The summed E-state index contributed by atoms with van der Waals surface area (Å²) < 4.78 is 1.02. The minimum atomic E-state index is -0.269. The lowest BCUT2D eigenvalue weighted by atomic mass is 9.74. The van der Waals surface area contributed by atoms with Crippen molar-refractivity contribution in [3.63, 3.8) is 0 Å². The van der Waals surface area contributed by atoms with Crippen LogP contribution in [0.3, 0.4) is 0 Å². The van der Waals surface area contributed by atoms with Crippen LogP contribution in [-0.4, -0.2) is 4.92 Å². The summed E-state index contributed by atoms with van der Waals surface area (Å²) in [5, 5.41) is 15.2. The smallest absolute Gasteiger partial charge is 0.292 e. The van der Waals surface area contributed by atoms with Gasteiger partial charge in [0.25, 0.3) is 5.69 Å². The maximum Gasteiger partial charge on any atom is 0.292 e. The normalized spacial score (nSPS) is 23.7. The molecule has 3 atom stereocenters. The number of nitrogens with one attached hydrogen (secondary N) is 1. The van der Waals surface area contributed by atoms with Crippen LogP contribution >= 0.6 is 15.9 Å². The molecule has 2 aliphatic rings. The first kappa shape index (κ1) is 16.3. The Labute approximate surface area is 155 Å². The molecule has 5 heteroatoms. The summed E-state index contributed by atoms with van der Waals surface area (Å²) in [6, 6.07) is 9.97. The highest BCUT2D eigenvalue weighted by atomic mass is 79.9. The minimum absolute atomic E-state index is 0.0609. The number of hydrogen-bond acceptors (Lipinski definition) is 3. The van der Waals surface area contributed by atoms with Gasteiger partial charge < -0.3 is 5.32 Å². The Hall–Kier alpha value is -2.14. The van der Waals surface area contributed by atoms with Gasteiger partial charge in [-0.15, -0.1) is 0 Å². The third-order valence-corrected chi connectivity index (χ3v) is 6.05. The Kier molecular flexibility index (Phi) is 3.91. The Morgan fingerprint density at radius 1 is 1.28 bits per heavy atom. The van der Waals surface area contributed by atoms with Gasteiger partial charge in [-0.3, -0.25) is 10.1 Å². The van der Waals surface area contributed by atoms with Gasteiger partial charge >= 0.3 is 0 Å². The van der Waals surface area contributed by atoms with Crippen molar-refractivity contribution >= 4 is 27.3 Å². The van der Waals surface area contributed by atoms with Gasteiger partial charge in [-0.1, -0.05) is 40.2 Å². The van der Waals surface area contributed by atoms with E-state index in [4.69, 9.17) is 0 Å². The number of aryl methyl sites for hydroxylation is 1. The Morgan fingerprint density at radius 3 is 2.80 bits per heavy atom. The molecule has 128 valence electrons. The molecule has 0 bridgehead atoms. The van der Waals surface area contributed by atoms with Crippen molar-refractivity contribution in [3.8, 4) is 0 Å². The quantitative estimate of drug-likeness (QED) is 0.395. The molecule has 4 nitrogen and oxygen atoms in total. The first-order chi connectivity index (χ1) is 12.0. The van der Waals surface area contributed by atoms with Crippen LogP contribution in [0.2, 0.25) is 0 Å². The van der Waals surface area contributed by atoms with E-state index in [0.29, 0.717) is 11.6 Å². The second-order valence-corrected chi connectivity index (χ2v) is 7.83. The van der Waals surface area contributed by atoms with Crippen molar-refractivity contribution in [3.05, 3.63) is 79.3 Å². The van der Waals surface area contributed by atoms with Crippen LogP contribution in [0, 0.1) is 29.9 Å². The van der Waals surface area contributed by atoms with E-state index in [1.807, 2.05) is 19.1 Å². The van der Waals surface area contributed by atoms with E-state index in [9.17, 15) is 10.1 Å². The van der Waals surface area contributed by atoms with Gasteiger partial charge in [-0.05, 0) is 60.6 Å². The molecule has 2 aromatic carbocycles. The number of nitrogens with zero attached hydrogens (tertiary/aromatic N) is 1. The zero-order valence-electron chi connectivity index (χ0n) is 14.1. The van der Waals surface area contributed by atoms with E-state index >= 15 is 0 Å². The zero-order chi connectivity index (χ0) is 17.7. The summed E-state index contributed by atoms with van der Waals surface area (Å²) in [4.78, 5) is 11.4. The molecular formula is C20H19BrN2O2. The molecule has 1 N–H and O–H groups in total. The zero-order valence-corrected chi connectivity index (χ0v) is 15.7. The molecule has 1 aliphatic carbocycles. The molecule has 1 aliphatic heterocycles. The summed E-state index contributed by atoms with van der Waals surface area (Å²) in [5.74, 6) is 0.598. The van der Waals surface area contributed by atoms with Crippen LogP contribution in [0.15, 0.2) is 47.0 Å². The largest absolute Gasteiger partial charge is 0.372 e. The molecule has 0 aromatic heterocycles. The van der Waals surface area contributed by atoms with Crippen LogP contribution in [0.4, 0.5) is 11.4 Å². The van der Waals surface area contributed by atoms with Crippen LogP contribution in [0.1, 0.15) is 40.6 Å². The standard InChI is InChI=1S/C20H19BrN2O2/c1-11-9-17(23(24)25)20-18(12(11)2)15-7-4-8-16(15)19(22-20)13-5-3-6-14(21)10-13/h3-7,9-10,15-16,19,22H,8H2,1-2H3/t15-,16-,19-/m0/s1. The number of anilines is 1. The minimum Gasteiger partial charge on any atom is -0.372 e. The molecule has 2 aromatic rings. The van der Waals surface area contributed by atoms with E-state index in [-0.39, 0.29) is 22.6 Å². The molecule has 1 heterocycles. The molecule has 4 rings (SSSR count). The number of nitro benzene ring substituents is 1. The number of fused-ring (bicyclic) bond motifs is 3. The third-order valence-electron chi connectivity index (χ3n) is 5.55. The van der Waals surface area contributed by atoms with Gasteiger partial charge in [0.2, 0.25) is 0 Å². The molecule has 0 radical (unpaired) electrons. The Balaban J connectivity index is 1.92. The van der Waals surface area contributed by atoms with E-state index in [0.717, 1.165) is 33.1 Å². The third kappa shape index (κ3) is 2.58. The number of halogens is 1. The van der Waals surface area contributed by atoms with Crippen molar-refractivity contribution in [1.82, 2.24) is 0 Å². The summed E-state index contributed by atoms with van der Waals surface area (Å²) >= 11 is 3.54. The highest BCUT2D eigenvalue weighted by Gasteiger charge is 2.41. The van der Waals surface area contributed by atoms with E-state index in [1.165, 1.54) is 0 Å². The maximum atomic E-state index is 11.7. The van der Waals surface area contributed by atoms with E-state index < -0.39 is 0 Å². The number of rotatable bonds is 2. The van der Waals surface area contributed by atoms with Crippen LogP contribution in [-0.2, 0) is 0 Å². The summed E-state index contributed by atoms with van der Waals surface area (Å²) in [5.41, 5.74) is 5.25. The predicted octanol–water partition coefficient (Wildman–Crippen LogP) is 5.80. The average Bonchev–Trinajstić information content (AvgIpc) is 3.06. The molecule has 0 saturated heterocycles. The van der Waals surface area contributed by atoms with Gasteiger partial charge in [0.05, 0.1) is 11.0 Å². The molecule has 0 unspecified atom stereocenters. The number of benzene rings is 2. The number of allylic oxidation sites excluding steroid dienone is 2. The highest BCUT2D eigenvalue weighted by Crippen LogP contribution is 2.53. The van der Waals surface area contributed by atoms with Crippen molar-refractivity contribution in [2.75, 3.05) is 5.32 Å². The summed E-state index contributed by atoms with van der Waals surface area (Å²) in [6.45, 7) is 4.03. The first-order valence-corrected chi connectivity index (χ1v) is 9.24. The SMILES string of the molecule is Cc1cc([N+](=O)[O-])c2c(c1C)[C@H]1C=CC[C@@H]1[C@H](c1cccc(Br)c1)N2. The van der Waals surface area contributed by atoms with Gasteiger partial charge in [0.15, 0.2) is 0 Å². The van der Waals surface area contributed by atoms with Crippen LogP contribution in [0.25, 0.3) is 0 Å². The second kappa shape index (κ2) is 5.99. The van der Waals surface area contributed by atoms with Crippen molar-refractivity contribution < 1.29 is 4.92 Å². The molecule has 0 spiro atoms. The highest BCUT2D eigenvalue weighted by molar-refractivity contribution is 9.10. The molecular weight excluding hydrogens is 380 g/mol.